The topological polar surface area (TPSA) is 9.23 Å². The second-order valence-corrected chi connectivity index (χ2v) is 3.41. The molecule has 1 nitrogen and oxygen atoms in total. The molecule has 0 aliphatic heterocycles. The molecule has 0 saturated heterocycles. The Labute approximate surface area is 103 Å². The van der Waals surface area contributed by atoms with Crippen LogP contribution in [-0.4, -0.2) is 24.7 Å². The normalized spacial score (nSPS) is 14.2. The quantitative estimate of drug-likeness (QED) is 0.469. The molecule has 112 valence electrons. The number of ether oxygens (including phenoxy) is 1. The molecule has 0 N–H and O–H groups in total. The summed E-state index contributed by atoms with van der Waals surface area (Å²) in [4.78, 5) is 0. The molecule has 0 fully saturated rings. The van der Waals surface area contributed by atoms with E-state index in [0.29, 0.717) is 24.7 Å². The molecule has 0 radical (unpaired) electrons. The Balaban J connectivity index is 3.98. The lowest BCUT2D eigenvalue weighted by atomic mass is 10.2. The van der Waals surface area contributed by atoms with Gasteiger partial charge in [0.1, 0.15) is 0 Å². The number of hydrogen-bond acceptors (Lipinski definition) is 1. The molecule has 0 saturated carbocycles. The van der Waals surface area contributed by atoms with Crippen LogP contribution in [0.15, 0.2) is 24.7 Å². The molecule has 19 heavy (non-hydrogen) atoms. The molecule has 0 unspecified atom stereocenters. The summed E-state index contributed by atoms with van der Waals surface area (Å²) < 4.78 is 100. The summed E-state index contributed by atoms with van der Waals surface area (Å²) >= 11 is 0. The van der Waals surface area contributed by atoms with Crippen LogP contribution in [0.1, 0.15) is 12.8 Å². The molecular formula is C10H10F8O. The van der Waals surface area contributed by atoms with Crippen LogP contribution in [0.5, 0.6) is 0 Å². The van der Waals surface area contributed by atoms with Crippen molar-refractivity contribution in [1.82, 2.24) is 0 Å². The number of allylic oxidation sites excluding steroid dienone is 2. The Morgan fingerprint density at radius 2 is 1.05 bits per heavy atom. The molecule has 0 aromatic heterocycles. The fraction of sp³-hybridized carbons (Fsp3) is 0.600. The Morgan fingerprint density at radius 3 is 1.32 bits per heavy atom. The Morgan fingerprint density at radius 1 is 0.737 bits per heavy atom. The zero-order valence-corrected chi connectivity index (χ0v) is 9.31. The van der Waals surface area contributed by atoms with Gasteiger partial charge in [0.2, 0.25) is 0 Å². The minimum atomic E-state index is -4.22. The van der Waals surface area contributed by atoms with Crippen molar-refractivity contribution in [2.45, 2.75) is 37.5 Å². The number of halogens is 8. The Kier molecular flexibility index (Phi) is 6.85. The van der Waals surface area contributed by atoms with Crippen molar-refractivity contribution in [1.29, 1.82) is 0 Å². The van der Waals surface area contributed by atoms with Crippen LogP contribution in [0.2, 0.25) is 0 Å². The van der Waals surface area contributed by atoms with E-state index in [0.717, 1.165) is 0 Å². The molecule has 0 spiro atoms. The third-order valence-electron chi connectivity index (χ3n) is 1.77. The summed E-state index contributed by atoms with van der Waals surface area (Å²) in [5, 5.41) is 0. The predicted molar refractivity (Wildman–Crippen MR) is 50.5 cm³/mol. The highest BCUT2D eigenvalue weighted by atomic mass is 19.3. The third kappa shape index (κ3) is 7.02. The first-order valence-corrected chi connectivity index (χ1v) is 4.87. The standard InChI is InChI=1S/C10H10F8O/c11-7(12)9(15,16)3-1-5-19-6-2-4-10(17,18)8(13)14/h1-2,5-8H,3-4H2. The van der Waals surface area contributed by atoms with Crippen LogP contribution in [0.3, 0.4) is 0 Å². The van der Waals surface area contributed by atoms with E-state index in [1.54, 1.807) is 0 Å². The van der Waals surface area contributed by atoms with E-state index in [-0.39, 0.29) is 0 Å². The van der Waals surface area contributed by atoms with Crippen molar-refractivity contribution >= 4 is 0 Å². The van der Waals surface area contributed by atoms with Gasteiger partial charge in [-0.25, -0.2) is 17.6 Å². The molecule has 0 aliphatic carbocycles. The monoisotopic (exact) mass is 298 g/mol. The molecule has 9 heteroatoms. The molecule has 0 heterocycles. The summed E-state index contributed by atoms with van der Waals surface area (Å²) in [5.74, 6) is -8.43. The molecule has 0 rings (SSSR count). The molecule has 0 aromatic carbocycles. The maximum Gasteiger partial charge on any atom is 0.310 e. The summed E-state index contributed by atoms with van der Waals surface area (Å²) in [6.07, 6.45) is -8.03. The molecule has 0 aliphatic rings. The average Bonchev–Trinajstić information content (AvgIpc) is 2.27. The first kappa shape index (κ1) is 17.7. The summed E-state index contributed by atoms with van der Waals surface area (Å²) in [5.41, 5.74) is 0. The fourth-order valence-electron chi connectivity index (χ4n) is 0.745. The van der Waals surface area contributed by atoms with Crippen molar-refractivity contribution in [3.8, 4) is 0 Å². The molecule has 0 aromatic rings. The molecular weight excluding hydrogens is 288 g/mol. The van der Waals surface area contributed by atoms with Gasteiger partial charge in [-0.3, -0.25) is 0 Å². The van der Waals surface area contributed by atoms with Crippen molar-refractivity contribution in [2.75, 3.05) is 0 Å². The summed E-state index contributed by atoms with van der Waals surface area (Å²) in [6.45, 7) is 0. The van der Waals surface area contributed by atoms with Crippen molar-refractivity contribution in [3.63, 3.8) is 0 Å². The van der Waals surface area contributed by atoms with Gasteiger partial charge in [-0.15, -0.1) is 0 Å². The minimum Gasteiger partial charge on any atom is -0.473 e. The van der Waals surface area contributed by atoms with E-state index in [2.05, 4.69) is 4.74 Å². The van der Waals surface area contributed by atoms with Gasteiger partial charge in [-0.1, -0.05) is 0 Å². The molecule has 0 amide bonds. The Bertz CT molecular complexity index is 281. The van der Waals surface area contributed by atoms with Gasteiger partial charge in [0.05, 0.1) is 12.5 Å². The zero-order chi connectivity index (χ0) is 15.1. The van der Waals surface area contributed by atoms with E-state index >= 15 is 0 Å². The van der Waals surface area contributed by atoms with Crippen LogP contribution in [0, 0.1) is 0 Å². The van der Waals surface area contributed by atoms with Gasteiger partial charge in [-0.05, 0) is 12.2 Å². The predicted octanol–water partition coefficient (Wildman–Crippen LogP) is 4.61. The van der Waals surface area contributed by atoms with E-state index < -0.39 is 37.5 Å². The van der Waals surface area contributed by atoms with Crippen molar-refractivity contribution < 1.29 is 39.9 Å². The van der Waals surface area contributed by atoms with Crippen LogP contribution >= 0.6 is 0 Å². The lowest BCUT2D eigenvalue weighted by Crippen LogP contribution is -2.25. The maximum atomic E-state index is 12.3. The van der Waals surface area contributed by atoms with Crippen LogP contribution in [-0.2, 0) is 4.74 Å². The van der Waals surface area contributed by atoms with E-state index in [9.17, 15) is 35.1 Å². The van der Waals surface area contributed by atoms with Crippen LogP contribution in [0.4, 0.5) is 35.1 Å². The van der Waals surface area contributed by atoms with E-state index in [1.165, 1.54) is 0 Å². The van der Waals surface area contributed by atoms with Crippen LogP contribution in [0.25, 0.3) is 0 Å². The van der Waals surface area contributed by atoms with Gasteiger partial charge in [-0.2, -0.15) is 17.6 Å². The number of hydrogen-bond donors (Lipinski definition) is 0. The van der Waals surface area contributed by atoms with Gasteiger partial charge in [0.25, 0.3) is 0 Å². The first-order chi connectivity index (χ1) is 8.59. The maximum absolute atomic E-state index is 12.3. The number of alkyl halides is 8. The van der Waals surface area contributed by atoms with E-state index in [4.69, 9.17) is 0 Å². The van der Waals surface area contributed by atoms with Crippen molar-refractivity contribution in [2.24, 2.45) is 0 Å². The lowest BCUT2D eigenvalue weighted by molar-refractivity contribution is -0.125. The van der Waals surface area contributed by atoms with Gasteiger partial charge >= 0.3 is 24.7 Å². The van der Waals surface area contributed by atoms with E-state index in [1.807, 2.05) is 0 Å². The SMILES string of the molecule is FC(F)C(F)(F)CC=COC=CCC(F)(F)C(F)F. The highest BCUT2D eigenvalue weighted by Crippen LogP contribution is 2.27. The third-order valence-corrected chi connectivity index (χ3v) is 1.77. The smallest absolute Gasteiger partial charge is 0.310 e. The summed E-state index contributed by atoms with van der Waals surface area (Å²) in [7, 11) is 0. The van der Waals surface area contributed by atoms with Gasteiger partial charge in [0.15, 0.2) is 0 Å². The highest BCUT2D eigenvalue weighted by molar-refractivity contribution is 4.88. The highest BCUT2D eigenvalue weighted by Gasteiger charge is 2.39. The second-order valence-electron chi connectivity index (χ2n) is 3.41. The largest absolute Gasteiger partial charge is 0.473 e. The van der Waals surface area contributed by atoms with Gasteiger partial charge in [0, 0.05) is 12.8 Å². The fourth-order valence-corrected chi connectivity index (χ4v) is 0.745. The Hall–Kier alpha value is -1.28. The zero-order valence-electron chi connectivity index (χ0n) is 9.31. The minimum absolute atomic E-state index is 0.557. The molecule has 0 atom stereocenters. The van der Waals surface area contributed by atoms with Gasteiger partial charge < -0.3 is 4.74 Å². The second kappa shape index (κ2) is 7.34. The van der Waals surface area contributed by atoms with Crippen LogP contribution < -0.4 is 0 Å². The van der Waals surface area contributed by atoms with Crippen molar-refractivity contribution in [3.05, 3.63) is 24.7 Å². The summed E-state index contributed by atoms with van der Waals surface area (Å²) in [6, 6.07) is 0. The average molecular weight is 298 g/mol. The first-order valence-electron chi connectivity index (χ1n) is 4.87. The molecule has 0 bridgehead atoms. The number of rotatable bonds is 8. The lowest BCUT2D eigenvalue weighted by Gasteiger charge is -2.12.